The van der Waals surface area contributed by atoms with E-state index in [0.717, 1.165) is 16.7 Å². The van der Waals surface area contributed by atoms with Crippen LogP contribution >= 0.6 is 210 Å². The number of esters is 5. The van der Waals surface area contributed by atoms with Crippen LogP contribution in [-0.4, -0.2) is 131 Å². The van der Waals surface area contributed by atoms with E-state index in [-0.39, 0.29) is 50.3 Å². The number of fused-ring (bicyclic) bond motifs is 10. The van der Waals surface area contributed by atoms with Crippen LogP contribution in [-0.2, 0) is 66.2 Å². The zero-order valence-corrected chi connectivity index (χ0v) is 86.5. The molecule has 4 bridgehead atoms. The summed E-state index contributed by atoms with van der Waals surface area (Å²) in [4.78, 5) is 97.6. The molecule has 2 heterocycles. The molecule has 8 aliphatic rings. The van der Waals surface area contributed by atoms with Gasteiger partial charge in [-0.05, 0) is 134 Å². The fourth-order valence-corrected chi connectivity index (χ4v) is 209. The highest BCUT2D eigenvalue weighted by molar-refractivity contribution is 9.20. The molecule has 20 unspecified atom stereocenters. The molecular weight excluding hydrogens is 1810 g/mol. The molecule has 2 N–H and O–H groups in total. The van der Waals surface area contributed by atoms with Crippen molar-refractivity contribution < 1.29 is 86.0 Å². The average Bonchev–Trinajstić information content (AvgIpc) is 0.684. The topological polar surface area (TPSA) is 243 Å². The van der Waals surface area contributed by atoms with Gasteiger partial charge >= 0.3 is 29.8 Å². The van der Waals surface area contributed by atoms with Crippen molar-refractivity contribution in [1.29, 1.82) is 0 Å². The molecular formula is C60H100O18P26. The van der Waals surface area contributed by atoms with Gasteiger partial charge in [0, 0.05) is 79.8 Å². The third kappa shape index (κ3) is 18.7. The zero-order valence-electron chi connectivity index (χ0n) is 59.6. The number of ketones is 2. The maximum atomic E-state index is 15.5. The van der Waals surface area contributed by atoms with Crippen molar-refractivity contribution in [1.82, 2.24) is 0 Å². The fraction of sp³-hybridized carbons (Fsp3) is 0.617. The molecule has 0 radical (unpaired) electrons. The van der Waals surface area contributed by atoms with Crippen LogP contribution in [0.4, 0.5) is 0 Å². The minimum atomic E-state index is -1.70. The van der Waals surface area contributed by atoms with Crippen LogP contribution in [0, 0.1) is 45.3 Å². The molecule has 0 spiro atoms. The Morgan fingerprint density at radius 3 is 1.22 bits per heavy atom. The molecule has 0 aromatic heterocycles. The number of hydrogen-bond acceptors (Lipinski definition) is 18. The molecule has 0 amide bonds. The number of carbonyl (C=O) groups is 7. The molecule has 18 nitrogen and oxygen atoms in total. The highest BCUT2D eigenvalue weighted by Gasteiger charge is 2.77. The minimum absolute atomic E-state index is 0.00529. The summed E-state index contributed by atoms with van der Waals surface area (Å²) in [6.07, 6.45) is -6.73. The fourth-order valence-electron chi connectivity index (χ4n) is 17.1. The third-order valence-electron chi connectivity index (χ3n) is 22.1. The van der Waals surface area contributed by atoms with Gasteiger partial charge in [0.15, 0.2) is 23.1 Å². The summed E-state index contributed by atoms with van der Waals surface area (Å²) in [5, 5.41) is 24.0. The molecule has 104 heavy (non-hydrogen) atoms. The summed E-state index contributed by atoms with van der Waals surface area (Å²) in [7, 11) is 40.7. The van der Waals surface area contributed by atoms with Crippen molar-refractivity contribution >= 4 is 251 Å². The van der Waals surface area contributed by atoms with E-state index in [1.165, 1.54) is 20.8 Å². The Morgan fingerprint density at radius 2 is 0.865 bits per heavy atom. The highest BCUT2D eigenvalue weighted by Crippen LogP contribution is 3.19. The number of Topliss-reactive ketones (excluding diaryl/α,β-unsaturated/α-hetero) is 2. The zero-order chi connectivity index (χ0) is 77.3. The Morgan fingerprint density at radius 1 is 0.490 bits per heavy atom. The molecule has 2 aliphatic heterocycles. The van der Waals surface area contributed by atoms with E-state index in [1.807, 2.05) is 26.8 Å². The van der Waals surface area contributed by atoms with Crippen LogP contribution in [0.25, 0.3) is 0 Å². The van der Waals surface area contributed by atoms with E-state index in [9.17, 15) is 39.0 Å². The van der Waals surface area contributed by atoms with Gasteiger partial charge in [0.2, 0.25) is 0 Å². The first-order valence-electron chi connectivity index (χ1n) is 33.0. The second-order valence-electron chi connectivity index (χ2n) is 28.7. The second kappa shape index (κ2) is 38.1. The summed E-state index contributed by atoms with van der Waals surface area (Å²) < 4.78 is 58.8. The number of benzene rings is 2. The molecule has 44 heteroatoms. The number of aliphatic hydroxyl groups excluding tert-OH is 2. The van der Waals surface area contributed by atoms with Crippen molar-refractivity contribution in [2.45, 2.75) is 174 Å². The smallest absolute Gasteiger partial charge is 0.338 e. The Bertz CT molecular complexity index is 3590. The summed E-state index contributed by atoms with van der Waals surface area (Å²) in [5.74, 6) is -6.34. The molecule has 4 saturated carbocycles. The monoisotopic (exact) mass is 1910 g/mol. The lowest BCUT2D eigenvalue weighted by atomic mass is 9.46. The number of rotatable bonds is 21. The summed E-state index contributed by atoms with van der Waals surface area (Å²) in [6, 6.07) is 17.5. The standard InChI is InChI=1S/C31H51O10P13.C29H49O8P13/c1-15-20(41-49(53(48)50(42)43)54(51(44)45)52(46)47)12-19-24(39-28(36)18-10-8-7-9-11-18)26-30(6,21(34)13-22-31(26,14-37-22)40-17(3)33)27(35)25(38-16(2)32)23(15)29(19,4)5;1-15-18-12-21(31)28(5)22(32)13-23-29(14-34-23,36-16(2)30)25(28)24(35-26(33)17-9-7-6-8-10-17)19(27(18,3)4)11-20(15)37-45(49(44)46(38)39)50(47(40)41)48(42)43/h7-11,19-22,24-26,34H,12-14,42-48H2,1-6H3;6-10,19-20,22-25,32H,11-14,38-44H2,1-5H3/t19?,20-,21-,22+,24+,25+,26-,30+,31-,49?,53?;19?,20-,22-,23+,24+,25-,28+,29-,45?,49?/m00/s1. The Hall–Kier alpha value is 5.55. The van der Waals surface area contributed by atoms with Crippen molar-refractivity contribution in [3.05, 3.63) is 94.1 Å². The van der Waals surface area contributed by atoms with Crippen molar-refractivity contribution in [3.8, 4) is 0 Å². The lowest BCUT2D eigenvalue weighted by Crippen LogP contribution is -2.79. The van der Waals surface area contributed by atoms with E-state index >= 15 is 4.79 Å². The van der Waals surface area contributed by atoms with Gasteiger partial charge < -0.3 is 52.4 Å². The number of aliphatic hydroxyl groups is 2. The number of carbonyl (C=O) groups excluding carboxylic acids is 7. The van der Waals surface area contributed by atoms with Gasteiger partial charge in [-0.2, -0.15) is 0 Å². The summed E-state index contributed by atoms with van der Waals surface area (Å²) in [6.45, 7) is 14.6. The van der Waals surface area contributed by atoms with Gasteiger partial charge in [0.05, 0.1) is 86.5 Å². The number of allylic oxidation sites excluding steroid dienone is 1. The molecule has 2 aromatic rings. The maximum absolute atomic E-state index is 15.5. The van der Waals surface area contributed by atoms with E-state index in [4.69, 9.17) is 42.2 Å². The third-order valence-corrected chi connectivity index (χ3v) is 164. The average molecular weight is 1910 g/mol. The quantitative estimate of drug-likeness (QED) is 0.0511. The van der Waals surface area contributed by atoms with Crippen LogP contribution in [0.1, 0.15) is 129 Å². The maximum Gasteiger partial charge on any atom is 0.338 e. The lowest BCUT2D eigenvalue weighted by molar-refractivity contribution is -0.335. The minimum Gasteiger partial charge on any atom is -0.458 e. The van der Waals surface area contributed by atoms with Gasteiger partial charge in [0.25, 0.3) is 0 Å². The van der Waals surface area contributed by atoms with Gasteiger partial charge in [-0.25, -0.2) is 9.59 Å². The first-order valence-corrected chi connectivity index (χ1v) is 78.6. The predicted octanol–water partition coefficient (Wildman–Crippen LogP) is 21.4. The molecule has 6 fully saturated rings. The van der Waals surface area contributed by atoms with Crippen LogP contribution in [0.15, 0.2) is 83.0 Å². The molecule has 578 valence electrons. The first-order chi connectivity index (χ1) is 48.4. The Kier molecular flexibility index (Phi) is 34.2. The van der Waals surface area contributed by atoms with E-state index in [0.29, 0.717) is 29.5 Å². The first kappa shape index (κ1) is 93.4. The van der Waals surface area contributed by atoms with Gasteiger partial charge in [-0.1, -0.05) is 87.5 Å². The Labute approximate surface area is 659 Å². The van der Waals surface area contributed by atoms with Gasteiger partial charge in [0.1, 0.15) is 30.2 Å². The molecule has 35 atom stereocenters. The Balaban J connectivity index is 0.000000242. The van der Waals surface area contributed by atoms with Crippen molar-refractivity contribution in [2.24, 2.45) is 45.3 Å². The normalized spacial score (nSPS) is 34.5. The summed E-state index contributed by atoms with van der Waals surface area (Å²) >= 11 is 0. The SMILES string of the molecule is CC(=O)O[C@@]12CO[C@@H]1C[C@H](O)[C@@]1(C)C(=O)CC3=C(C)[C@@H](OP(P(P)P(P)P)P(P(P)P)P(P)P)CC([C@@H](OC(=O)c4ccccc4)[C@H]21)C3(C)C.CC(=O)O[C@H]1C(=O)[C@@]2(C)[C@H]([C@H](OC(=O)c3ccccc3)C3C[C@H](OP(P(P)P(P)P)P(P(P)P)P(P)P)C(C)=C1C3(C)C)[C@]1(OC(C)=O)CO[C@@H]1C[C@@H]2O. The lowest BCUT2D eigenvalue weighted by Gasteiger charge is -2.66. The van der Waals surface area contributed by atoms with Crippen LogP contribution in [0.3, 0.4) is 0 Å². The predicted molar refractivity (Wildman–Crippen MR) is 492 cm³/mol. The van der Waals surface area contributed by atoms with E-state index in [2.05, 4.69) is 146 Å². The van der Waals surface area contributed by atoms with Crippen molar-refractivity contribution in [3.63, 3.8) is 0 Å². The van der Waals surface area contributed by atoms with Crippen LogP contribution in [0.2, 0.25) is 0 Å². The second-order valence-corrected chi connectivity index (χ2v) is 126. The molecule has 6 aliphatic carbocycles. The largest absolute Gasteiger partial charge is 0.458 e. The van der Waals surface area contributed by atoms with Crippen molar-refractivity contribution in [2.75, 3.05) is 13.2 Å². The number of hydrogen-bond donors (Lipinski definition) is 2. The van der Waals surface area contributed by atoms with Crippen LogP contribution in [0.5, 0.6) is 0 Å². The molecule has 10 rings (SSSR count). The molecule has 2 saturated heterocycles. The number of ether oxygens (including phenoxy) is 7. The summed E-state index contributed by atoms with van der Waals surface area (Å²) in [5.41, 5.74) is -3.08. The van der Waals surface area contributed by atoms with Crippen LogP contribution < -0.4 is 0 Å². The van der Waals surface area contributed by atoms with Gasteiger partial charge in [-0.15, -0.1) is 107 Å². The highest BCUT2D eigenvalue weighted by atomic mass is 33.2. The van der Waals surface area contributed by atoms with E-state index in [1.54, 1.807) is 68.4 Å². The molecule has 2 aromatic carbocycles. The van der Waals surface area contributed by atoms with Gasteiger partial charge in [-0.3, -0.25) is 24.0 Å². The van der Waals surface area contributed by atoms with E-state index < -0.39 is 220 Å².